The summed E-state index contributed by atoms with van der Waals surface area (Å²) in [5.41, 5.74) is 0. The summed E-state index contributed by atoms with van der Waals surface area (Å²) >= 11 is 0. The van der Waals surface area contributed by atoms with Gasteiger partial charge in [-0.1, -0.05) is 6.92 Å². The molecule has 1 amide bonds. The Kier molecular flexibility index (Phi) is 9.31. The average molecular weight is 382 g/mol. The predicted molar refractivity (Wildman–Crippen MR) is 101 cm³/mol. The van der Waals surface area contributed by atoms with Crippen molar-refractivity contribution in [3.05, 3.63) is 0 Å². The molecule has 0 aromatic carbocycles. The second-order valence-electron chi connectivity index (χ2n) is 7.28. The van der Waals surface area contributed by atoms with Crippen LogP contribution in [0, 0.1) is 5.92 Å². The Bertz CT molecular complexity index is 384. The number of hydrogen-bond acceptors (Lipinski definition) is 4. The van der Waals surface area contributed by atoms with Gasteiger partial charge in [-0.05, 0) is 38.5 Å². The summed E-state index contributed by atoms with van der Waals surface area (Å²) in [7, 11) is 0. The molecule has 1 N–H and O–H groups in total. The third kappa shape index (κ3) is 5.21. The van der Waals surface area contributed by atoms with Crippen molar-refractivity contribution in [2.24, 2.45) is 5.92 Å². The van der Waals surface area contributed by atoms with Crippen molar-refractivity contribution in [1.29, 1.82) is 0 Å². The summed E-state index contributed by atoms with van der Waals surface area (Å²) in [6.07, 6.45) is 5.39. The van der Waals surface area contributed by atoms with Crippen LogP contribution >= 0.6 is 24.8 Å². The molecule has 1 aliphatic carbocycles. The molecule has 0 radical (unpaired) electrons. The lowest BCUT2D eigenvalue weighted by atomic mass is 9.86. The topological polar surface area (TPSA) is 44.8 Å². The normalized spacial score (nSPS) is 34.8. The lowest BCUT2D eigenvalue weighted by Crippen LogP contribution is -2.60. The van der Waals surface area contributed by atoms with Gasteiger partial charge in [-0.15, -0.1) is 24.8 Å². The van der Waals surface area contributed by atoms with Crippen LogP contribution in [0.3, 0.4) is 0 Å². The van der Waals surface area contributed by atoms with E-state index < -0.39 is 0 Å². The molecule has 7 heteroatoms. The summed E-state index contributed by atoms with van der Waals surface area (Å²) in [4.78, 5) is 17.3. The van der Waals surface area contributed by atoms with E-state index in [-0.39, 0.29) is 42.9 Å². The molecule has 0 bridgehead atoms. The molecule has 3 aliphatic rings. The number of amides is 1. The number of hydrogen-bond donors (Lipinski definition) is 1. The molecule has 0 unspecified atom stereocenters. The first-order chi connectivity index (χ1) is 10.6. The SMILES string of the molecule is CC1CCC(N2CCN(C(=O)[C@H]3NCCO[C@@H]3C)CC2)CC1.Cl.Cl. The minimum absolute atomic E-state index is 0. The number of nitrogens with one attached hydrogen (secondary N) is 1. The number of carbonyl (C=O) groups excluding carboxylic acids is 1. The van der Waals surface area contributed by atoms with Crippen LogP contribution in [0.15, 0.2) is 0 Å². The van der Waals surface area contributed by atoms with Crippen molar-refractivity contribution in [2.45, 2.75) is 57.7 Å². The second-order valence-corrected chi connectivity index (χ2v) is 7.28. The van der Waals surface area contributed by atoms with Crippen LogP contribution in [-0.2, 0) is 9.53 Å². The number of rotatable bonds is 2. The zero-order valence-electron chi connectivity index (χ0n) is 14.9. The van der Waals surface area contributed by atoms with E-state index in [1.165, 1.54) is 25.7 Å². The number of morpholine rings is 1. The minimum atomic E-state index is -0.157. The molecular weight excluding hydrogens is 349 g/mol. The van der Waals surface area contributed by atoms with Crippen LogP contribution in [0.5, 0.6) is 0 Å². The smallest absolute Gasteiger partial charge is 0.242 e. The number of piperazine rings is 1. The molecule has 2 saturated heterocycles. The molecule has 3 rings (SSSR count). The second kappa shape index (κ2) is 10.2. The maximum atomic E-state index is 12.7. The standard InChI is InChI=1S/C17H31N3O2.2ClH/c1-13-3-5-15(6-4-13)19-8-10-20(11-9-19)17(21)16-14(2)22-12-7-18-16;;/h13-16,18H,3-12H2,1-2H3;2*1H/t13?,14-,15?,16+;;/m1../s1. The molecule has 2 aliphatic heterocycles. The Morgan fingerprint density at radius 2 is 1.62 bits per heavy atom. The van der Waals surface area contributed by atoms with Crippen molar-refractivity contribution in [3.63, 3.8) is 0 Å². The van der Waals surface area contributed by atoms with E-state index in [2.05, 4.69) is 17.1 Å². The third-order valence-electron chi connectivity index (χ3n) is 5.71. The highest BCUT2D eigenvalue weighted by Gasteiger charge is 2.34. The van der Waals surface area contributed by atoms with Gasteiger partial charge in [0.15, 0.2) is 0 Å². The highest BCUT2D eigenvalue weighted by atomic mass is 35.5. The van der Waals surface area contributed by atoms with Crippen LogP contribution in [-0.4, -0.2) is 73.2 Å². The first kappa shape index (κ1) is 22.0. The maximum absolute atomic E-state index is 12.7. The van der Waals surface area contributed by atoms with Gasteiger partial charge in [0.05, 0.1) is 12.7 Å². The minimum Gasteiger partial charge on any atom is -0.375 e. The van der Waals surface area contributed by atoms with E-state index >= 15 is 0 Å². The van der Waals surface area contributed by atoms with E-state index in [4.69, 9.17) is 4.74 Å². The van der Waals surface area contributed by atoms with E-state index in [0.29, 0.717) is 6.61 Å². The van der Waals surface area contributed by atoms with Crippen molar-refractivity contribution in [3.8, 4) is 0 Å². The molecule has 0 spiro atoms. The van der Waals surface area contributed by atoms with Crippen molar-refractivity contribution >= 4 is 30.7 Å². The molecule has 3 fully saturated rings. The molecule has 2 heterocycles. The Morgan fingerprint density at radius 1 is 1.00 bits per heavy atom. The molecule has 0 aromatic heterocycles. The highest BCUT2D eigenvalue weighted by molar-refractivity contribution is 5.85. The average Bonchev–Trinajstić information content (AvgIpc) is 2.56. The van der Waals surface area contributed by atoms with E-state index in [9.17, 15) is 4.79 Å². The van der Waals surface area contributed by atoms with Crippen molar-refractivity contribution in [1.82, 2.24) is 15.1 Å². The summed E-state index contributed by atoms with van der Waals surface area (Å²) in [6.45, 7) is 9.66. The lowest BCUT2D eigenvalue weighted by molar-refractivity contribution is -0.141. The fraction of sp³-hybridized carbons (Fsp3) is 0.941. The number of nitrogens with zero attached hydrogens (tertiary/aromatic N) is 2. The van der Waals surface area contributed by atoms with Crippen LogP contribution in [0.2, 0.25) is 0 Å². The zero-order valence-corrected chi connectivity index (χ0v) is 16.5. The van der Waals surface area contributed by atoms with Gasteiger partial charge in [0, 0.05) is 38.8 Å². The van der Waals surface area contributed by atoms with E-state index in [1.807, 2.05) is 11.8 Å². The first-order valence-corrected chi connectivity index (χ1v) is 9.03. The lowest BCUT2D eigenvalue weighted by Gasteiger charge is -2.43. The van der Waals surface area contributed by atoms with Crippen molar-refractivity contribution in [2.75, 3.05) is 39.3 Å². The maximum Gasteiger partial charge on any atom is 0.242 e. The van der Waals surface area contributed by atoms with E-state index in [0.717, 1.165) is 44.7 Å². The fourth-order valence-electron chi connectivity index (χ4n) is 4.12. The van der Waals surface area contributed by atoms with Crippen LogP contribution in [0.1, 0.15) is 39.5 Å². The van der Waals surface area contributed by atoms with Crippen molar-refractivity contribution < 1.29 is 9.53 Å². The quantitative estimate of drug-likeness (QED) is 0.793. The van der Waals surface area contributed by atoms with Gasteiger partial charge in [-0.3, -0.25) is 9.69 Å². The van der Waals surface area contributed by atoms with Gasteiger partial charge in [0.1, 0.15) is 6.04 Å². The van der Waals surface area contributed by atoms with Gasteiger partial charge in [-0.25, -0.2) is 0 Å². The molecule has 5 nitrogen and oxygen atoms in total. The van der Waals surface area contributed by atoms with Crippen LogP contribution in [0.4, 0.5) is 0 Å². The largest absolute Gasteiger partial charge is 0.375 e. The van der Waals surface area contributed by atoms with Gasteiger partial charge in [0.2, 0.25) is 5.91 Å². The fourth-order valence-corrected chi connectivity index (χ4v) is 4.12. The number of carbonyl (C=O) groups is 1. The zero-order chi connectivity index (χ0) is 15.5. The molecule has 142 valence electrons. The first-order valence-electron chi connectivity index (χ1n) is 9.03. The molecule has 1 saturated carbocycles. The van der Waals surface area contributed by atoms with Gasteiger partial charge in [0.25, 0.3) is 0 Å². The van der Waals surface area contributed by atoms with Gasteiger partial charge < -0.3 is 15.0 Å². The molecule has 0 aromatic rings. The summed E-state index contributed by atoms with van der Waals surface area (Å²) in [6, 6.07) is 0.597. The molecule has 24 heavy (non-hydrogen) atoms. The van der Waals surface area contributed by atoms with Gasteiger partial charge in [-0.2, -0.15) is 0 Å². The van der Waals surface area contributed by atoms with Crippen LogP contribution < -0.4 is 5.32 Å². The van der Waals surface area contributed by atoms with E-state index in [1.54, 1.807) is 0 Å². The Hall–Kier alpha value is -0.0700. The number of ether oxygens (including phenoxy) is 1. The van der Waals surface area contributed by atoms with Gasteiger partial charge >= 0.3 is 0 Å². The monoisotopic (exact) mass is 381 g/mol. The summed E-state index contributed by atoms with van der Waals surface area (Å²) in [5, 5.41) is 3.32. The third-order valence-corrected chi connectivity index (χ3v) is 5.71. The Morgan fingerprint density at radius 3 is 2.21 bits per heavy atom. The van der Waals surface area contributed by atoms with Crippen LogP contribution in [0.25, 0.3) is 0 Å². The predicted octanol–water partition coefficient (Wildman–Crippen LogP) is 1.93. The number of halogens is 2. The summed E-state index contributed by atoms with van der Waals surface area (Å²) in [5.74, 6) is 1.13. The molecular formula is C17H33Cl2N3O2. The highest BCUT2D eigenvalue weighted by Crippen LogP contribution is 2.27. The molecule has 2 atom stereocenters. The summed E-state index contributed by atoms with van der Waals surface area (Å²) < 4.78 is 5.61. The Labute approximate surface area is 158 Å². The Balaban J connectivity index is 0.00000144.